The van der Waals surface area contributed by atoms with E-state index in [0.717, 1.165) is 17.4 Å². The molecule has 0 unspecified atom stereocenters. The smallest absolute Gasteiger partial charge is 0.328 e. The van der Waals surface area contributed by atoms with E-state index in [9.17, 15) is 18.4 Å². The molecule has 0 bridgehead atoms. The van der Waals surface area contributed by atoms with Crippen molar-refractivity contribution < 1.29 is 23.5 Å². The molecule has 8 heteroatoms. The molecule has 0 atom stereocenters. The van der Waals surface area contributed by atoms with Crippen molar-refractivity contribution in [2.24, 2.45) is 0 Å². The monoisotopic (exact) mass is 414 g/mol. The topological polar surface area (TPSA) is 54.4 Å². The van der Waals surface area contributed by atoms with Gasteiger partial charge in [0.15, 0.2) is 0 Å². The highest BCUT2D eigenvalue weighted by atomic mass is 35.5. The molecule has 0 amide bonds. The fraction of sp³-hybridized carbons (Fsp3) is 0. The Hall–Kier alpha value is -2.28. The van der Waals surface area contributed by atoms with Gasteiger partial charge in [-0.25, -0.2) is 13.6 Å². The molecule has 3 rings (SSSR count). The zero-order valence-electron chi connectivity index (χ0n) is 12.9. The van der Waals surface area contributed by atoms with Crippen LogP contribution in [0.1, 0.15) is 15.2 Å². The number of aliphatic carboxylic acids is 1. The van der Waals surface area contributed by atoms with Crippen LogP contribution in [0.2, 0.25) is 5.02 Å². The van der Waals surface area contributed by atoms with Gasteiger partial charge in [-0.05, 0) is 41.4 Å². The average molecular weight is 415 g/mol. The third-order valence-electron chi connectivity index (χ3n) is 3.05. The van der Waals surface area contributed by atoms with Crippen LogP contribution in [0.15, 0.2) is 48.5 Å². The summed E-state index contributed by atoms with van der Waals surface area (Å²) < 4.78 is 26.1. The number of fused-ring (bicyclic) bond motifs is 1. The van der Waals surface area contributed by atoms with Crippen LogP contribution in [0.4, 0.5) is 8.78 Å². The number of carboxylic acids is 1. The van der Waals surface area contributed by atoms with Gasteiger partial charge in [-0.15, -0.1) is 11.3 Å². The van der Waals surface area contributed by atoms with Gasteiger partial charge in [-0.2, -0.15) is 0 Å². The summed E-state index contributed by atoms with van der Waals surface area (Å²) in [5.74, 6) is -1.81. The Balaban J connectivity index is 0.000000190. The van der Waals surface area contributed by atoms with E-state index in [2.05, 4.69) is 0 Å². The normalized spacial score (nSPS) is 10.6. The largest absolute Gasteiger partial charge is 0.478 e. The number of hydrogen-bond acceptors (Lipinski definition) is 3. The van der Waals surface area contributed by atoms with Crippen molar-refractivity contribution in [3.05, 3.63) is 75.6 Å². The molecule has 0 fully saturated rings. The molecule has 0 aliphatic rings. The highest BCUT2D eigenvalue weighted by Gasteiger charge is 2.16. The quantitative estimate of drug-likeness (QED) is 0.422. The van der Waals surface area contributed by atoms with Crippen molar-refractivity contribution >= 4 is 61.9 Å². The second-order valence-electron chi connectivity index (χ2n) is 4.86. The Labute approximate surface area is 161 Å². The van der Waals surface area contributed by atoms with E-state index in [0.29, 0.717) is 15.6 Å². The fourth-order valence-electron chi connectivity index (χ4n) is 1.96. The predicted octanol–water partition coefficient (Wildman–Crippen LogP) is 6.00. The van der Waals surface area contributed by atoms with Gasteiger partial charge in [0, 0.05) is 11.5 Å². The van der Waals surface area contributed by atoms with Gasteiger partial charge >= 0.3 is 5.97 Å². The molecule has 0 aliphatic carbocycles. The highest BCUT2D eigenvalue weighted by Crippen LogP contribution is 2.37. The Morgan fingerprint density at radius 3 is 2.38 bits per heavy atom. The van der Waals surface area contributed by atoms with E-state index in [1.165, 1.54) is 30.3 Å². The number of halogens is 4. The Morgan fingerprint density at radius 1 is 1.12 bits per heavy atom. The van der Waals surface area contributed by atoms with Crippen LogP contribution in [0.25, 0.3) is 16.2 Å². The molecule has 0 saturated heterocycles. The van der Waals surface area contributed by atoms with E-state index < -0.39 is 17.0 Å². The first-order valence-corrected chi connectivity index (χ1v) is 8.59. The van der Waals surface area contributed by atoms with E-state index in [4.69, 9.17) is 28.3 Å². The van der Waals surface area contributed by atoms with Crippen LogP contribution in [0.3, 0.4) is 0 Å². The van der Waals surface area contributed by atoms with Crippen molar-refractivity contribution in [1.82, 2.24) is 0 Å². The molecule has 1 N–H and O–H groups in total. The SMILES string of the molecule is O=C(Cl)c1sc2c(F)cccc2c1Cl.O=C(O)C=Cc1cccc(F)c1. The van der Waals surface area contributed by atoms with Crippen molar-refractivity contribution in [2.75, 3.05) is 0 Å². The van der Waals surface area contributed by atoms with Crippen LogP contribution < -0.4 is 0 Å². The summed E-state index contributed by atoms with van der Waals surface area (Å²) in [4.78, 5) is 21.2. The molecule has 1 heterocycles. The van der Waals surface area contributed by atoms with Gasteiger partial charge in [0.1, 0.15) is 16.5 Å². The lowest BCUT2D eigenvalue weighted by molar-refractivity contribution is -0.131. The number of carbonyl (C=O) groups excluding carboxylic acids is 1. The number of rotatable bonds is 3. The lowest BCUT2D eigenvalue weighted by Crippen LogP contribution is -1.85. The van der Waals surface area contributed by atoms with Crippen molar-refractivity contribution in [1.29, 1.82) is 0 Å². The Bertz CT molecular complexity index is 999. The standard InChI is InChI=1S/C9H3Cl2FOS.C9H7FO2/c10-6-4-2-1-3-5(12)7(4)14-8(6)9(11)13;10-8-3-1-2-7(6-8)4-5-9(11)12/h1-3H;1-6H,(H,11,12). The summed E-state index contributed by atoms with van der Waals surface area (Å²) in [6.45, 7) is 0. The third-order valence-corrected chi connectivity index (χ3v) is 5.07. The first kappa shape index (κ1) is 20.0. The van der Waals surface area contributed by atoms with Crippen molar-refractivity contribution in [3.63, 3.8) is 0 Å². The molecule has 0 aliphatic heterocycles. The maximum absolute atomic E-state index is 13.2. The van der Waals surface area contributed by atoms with Crippen LogP contribution in [-0.2, 0) is 4.79 Å². The second kappa shape index (κ2) is 8.89. The van der Waals surface area contributed by atoms with Crippen LogP contribution >= 0.6 is 34.5 Å². The zero-order valence-corrected chi connectivity index (χ0v) is 15.2. The van der Waals surface area contributed by atoms with E-state index >= 15 is 0 Å². The van der Waals surface area contributed by atoms with Gasteiger partial charge in [0.2, 0.25) is 0 Å². The summed E-state index contributed by atoms with van der Waals surface area (Å²) in [6, 6.07) is 10.2. The molecule has 0 spiro atoms. The number of thiophene rings is 1. The van der Waals surface area contributed by atoms with Gasteiger partial charge in [-0.3, -0.25) is 4.79 Å². The molecular formula is C18H10Cl2F2O3S. The van der Waals surface area contributed by atoms with Gasteiger partial charge in [-0.1, -0.05) is 35.9 Å². The summed E-state index contributed by atoms with van der Waals surface area (Å²) in [5, 5.41) is 8.36. The second-order valence-corrected chi connectivity index (χ2v) is 6.60. The number of benzene rings is 2. The van der Waals surface area contributed by atoms with Crippen LogP contribution in [0.5, 0.6) is 0 Å². The van der Waals surface area contributed by atoms with E-state index in [1.54, 1.807) is 18.2 Å². The van der Waals surface area contributed by atoms with E-state index in [1.807, 2.05) is 0 Å². The molecule has 3 aromatic rings. The van der Waals surface area contributed by atoms with E-state index in [-0.39, 0.29) is 15.7 Å². The summed E-state index contributed by atoms with van der Waals surface area (Å²) in [5.41, 5.74) is 0.539. The fourth-order valence-corrected chi connectivity index (χ4v) is 3.56. The summed E-state index contributed by atoms with van der Waals surface area (Å²) in [7, 11) is 0. The van der Waals surface area contributed by atoms with Crippen molar-refractivity contribution in [3.8, 4) is 0 Å². The predicted molar refractivity (Wildman–Crippen MR) is 100 cm³/mol. The summed E-state index contributed by atoms with van der Waals surface area (Å²) >= 11 is 12.1. The highest BCUT2D eigenvalue weighted by molar-refractivity contribution is 7.23. The molecule has 1 aromatic heterocycles. The molecule has 134 valence electrons. The van der Waals surface area contributed by atoms with Gasteiger partial charge < -0.3 is 5.11 Å². The molecule has 26 heavy (non-hydrogen) atoms. The minimum atomic E-state index is -1.04. The molecule has 2 aromatic carbocycles. The maximum Gasteiger partial charge on any atom is 0.328 e. The minimum Gasteiger partial charge on any atom is -0.478 e. The number of carbonyl (C=O) groups is 2. The minimum absolute atomic E-state index is 0.188. The molecule has 0 saturated carbocycles. The first-order chi connectivity index (χ1) is 12.3. The van der Waals surface area contributed by atoms with Crippen LogP contribution in [-0.4, -0.2) is 16.3 Å². The van der Waals surface area contributed by atoms with Crippen molar-refractivity contribution in [2.45, 2.75) is 0 Å². The Morgan fingerprint density at radius 2 is 1.81 bits per heavy atom. The third kappa shape index (κ3) is 5.11. The lowest BCUT2D eigenvalue weighted by atomic mass is 10.2. The first-order valence-electron chi connectivity index (χ1n) is 7.02. The molecule has 0 radical (unpaired) electrons. The van der Waals surface area contributed by atoms with Gasteiger partial charge in [0.05, 0.1) is 9.72 Å². The summed E-state index contributed by atoms with van der Waals surface area (Å²) in [6.07, 6.45) is 2.31. The van der Waals surface area contributed by atoms with Crippen LogP contribution in [0, 0.1) is 11.6 Å². The number of hydrogen-bond donors (Lipinski definition) is 1. The maximum atomic E-state index is 13.2. The molecular weight excluding hydrogens is 405 g/mol. The Kier molecular flexibility index (Phi) is 6.85. The molecule has 3 nitrogen and oxygen atoms in total. The van der Waals surface area contributed by atoms with Gasteiger partial charge in [0.25, 0.3) is 5.24 Å². The number of carboxylic acid groups (broad SMARTS) is 1. The lowest BCUT2D eigenvalue weighted by Gasteiger charge is -1.91. The average Bonchev–Trinajstić information content (AvgIpc) is 2.93. The zero-order chi connectivity index (χ0) is 19.3.